The third-order valence-electron chi connectivity index (χ3n) is 4.97. The summed E-state index contributed by atoms with van der Waals surface area (Å²) < 4.78 is 1.94. The van der Waals surface area contributed by atoms with Crippen molar-refractivity contribution in [2.75, 3.05) is 18.4 Å². The van der Waals surface area contributed by atoms with E-state index in [1.54, 1.807) is 12.5 Å². The van der Waals surface area contributed by atoms with Gasteiger partial charge in [-0.1, -0.05) is 12.1 Å². The van der Waals surface area contributed by atoms with E-state index in [9.17, 15) is 4.79 Å². The fourth-order valence-electron chi connectivity index (χ4n) is 3.47. The molecule has 3 aromatic rings. The van der Waals surface area contributed by atoms with Crippen molar-refractivity contribution in [3.63, 3.8) is 0 Å². The van der Waals surface area contributed by atoms with Gasteiger partial charge in [-0.15, -0.1) is 0 Å². The molecule has 1 aliphatic rings. The lowest BCUT2D eigenvalue weighted by atomic mass is 9.93. The Hall–Kier alpha value is -2.73. The van der Waals surface area contributed by atoms with Crippen LogP contribution in [0.25, 0.3) is 16.9 Å². The molecule has 2 aromatic heterocycles. The maximum Gasteiger partial charge on any atom is 0.224 e. The zero-order valence-corrected chi connectivity index (χ0v) is 14.7. The van der Waals surface area contributed by atoms with Crippen LogP contribution in [0.3, 0.4) is 0 Å². The molecule has 26 heavy (non-hydrogen) atoms. The Labute approximate surface area is 152 Å². The number of imidazole rings is 1. The number of nitrogens with one attached hydrogen (secondary N) is 2. The molecule has 6 heteroatoms. The molecule has 2 N–H and O–H groups in total. The first-order valence-corrected chi connectivity index (χ1v) is 9.19. The second-order valence-corrected chi connectivity index (χ2v) is 6.79. The average Bonchev–Trinajstić information content (AvgIpc) is 3.12. The molecular weight excluding hydrogens is 326 g/mol. The quantitative estimate of drug-likeness (QED) is 0.742. The molecule has 1 fully saturated rings. The van der Waals surface area contributed by atoms with Crippen molar-refractivity contribution in [3.05, 3.63) is 48.9 Å². The molecule has 134 valence electrons. The number of carbonyl (C=O) groups excluding carboxylic acids is 1. The van der Waals surface area contributed by atoms with Gasteiger partial charge in [0, 0.05) is 6.42 Å². The van der Waals surface area contributed by atoms with Gasteiger partial charge < -0.3 is 10.6 Å². The summed E-state index contributed by atoms with van der Waals surface area (Å²) in [4.78, 5) is 21.0. The summed E-state index contributed by atoms with van der Waals surface area (Å²) >= 11 is 0. The number of pyridine rings is 1. The SMILES string of the molecule is O=C(CCC1CCNCC1)Nc1ccc(-n2cnc3ccccc32)nc1. The molecule has 1 amide bonds. The molecule has 0 aliphatic carbocycles. The van der Waals surface area contributed by atoms with E-state index in [1.165, 1.54) is 12.8 Å². The molecule has 0 bridgehead atoms. The van der Waals surface area contributed by atoms with Gasteiger partial charge in [0.2, 0.25) is 5.91 Å². The van der Waals surface area contributed by atoms with E-state index in [0.717, 1.165) is 42.0 Å². The first-order chi connectivity index (χ1) is 12.8. The van der Waals surface area contributed by atoms with E-state index in [4.69, 9.17) is 0 Å². The largest absolute Gasteiger partial charge is 0.325 e. The number of hydrogen-bond donors (Lipinski definition) is 2. The van der Waals surface area contributed by atoms with Crippen LogP contribution >= 0.6 is 0 Å². The fraction of sp³-hybridized carbons (Fsp3) is 0.350. The van der Waals surface area contributed by atoms with Crippen molar-refractivity contribution < 1.29 is 4.79 Å². The molecule has 1 aliphatic heterocycles. The van der Waals surface area contributed by atoms with E-state index in [1.807, 2.05) is 41.0 Å². The Bertz CT molecular complexity index is 881. The van der Waals surface area contributed by atoms with E-state index >= 15 is 0 Å². The van der Waals surface area contributed by atoms with Crippen molar-refractivity contribution in [2.45, 2.75) is 25.7 Å². The fourth-order valence-corrected chi connectivity index (χ4v) is 3.47. The van der Waals surface area contributed by atoms with Gasteiger partial charge in [0.05, 0.1) is 22.9 Å². The third-order valence-corrected chi connectivity index (χ3v) is 4.97. The molecule has 1 aromatic carbocycles. The van der Waals surface area contributed by atoms with Gasteiger partial charge >= 0.3 is 0 Å². The topological polar surface area (TPSA) is 71.8 Å². The number of hydrogen-bond acceptors (Lipinski definition) is 4. The second-order valence-electron chi connectivity index (χ2n) is 6.79. The summed E-state index contributed by atoms with van der Waals surface area (Å²) in [5.41, 5.74) is 2.68. The predicted octanol–water partition coefficient (Wildman–Crippen LogP) is 3.14. The summed E-state index contributed by atoms with van der Waals surface area (Å²) in [6.07, 6.45) is 7.33. The molecular formula is C20H23N5O. The number of piperidine rings is 1. The summed E-state index contributed by atoms with van der Waals surface area (Å²) in [5, 5.41) is 6.30. The number of aromatic nitrogens is 3. The van der Waals surface area contributed by atoms with Crippen LogP contribution in [0.4, 0.5) is 5.69 Å². The van der Waals surface area contributed by atoms with Crippen molar-refractivity contribution in [1.29, 1.82) is 0 Å². The Kier molecular flexibility index (Phi) is 4.93. The van der Waals surface area contributed by atoms with Gasteiger partial charge in [-0.3, -0.25) is 9.36 Å². The van der Waals surface area contributed by atoms with Gasteiger partial charge in [0.25, 0.3) is 0 Å². The van der Waals surface area contributed by atoms with E-state index in [2.05, 4.69) is 20.6 Å². The first-order valence-electron chi connectivity index (χ1n) is 9.19. The van der Waals surface area contributed by atoms with Crippen LogP contribution in [0, 0.1) is 5.92 Å². The minimum atomic E-state index is 0.0613. The summed E-state index contributed by atoms with van der Waals surface area (Å²) in [6, 6.07) is 11.7. The summed E-state index contributed by atoms with van der Waals surface area (Å²) in [7, 11) is 0. The molecule has 0 radical (unpaired) electrons. The highest BCUT2D eigenvalue weighted by Gasteiger charge is 2.14. The van der Waals surface area contributed by atoms with Crippen molar-refractivity contribution in [2.24, 2.45) is 5.92 Å². The maximum atomic E-state index is 12.2. The number of nitrogens with zero attached hydrogens (tertiary/aromatic N) is 3. The third kappa shape index (κ3) is 3.75. The standard InChI is InChI=1S/C20H23N5O/c26-20(8-5-15-9-11-21-12-10-15)24-16-6-7-19(22-13-16)25-14-23-17-3-1-2-4-18(17)25/h1-4,6-7,13-15,21H,5,8-12H2,(H,24,26). The average molecular weight is 349 g/mol. The number of benzene rings is 1. The van der Waals surface area contributed by atoms with Gasteiger partial charge in [-0.05, 0) is 62.5 Å². The van der Waals surface area contributed by atoms with Crippen molar-refractivity contribution in [1.82, 2.24) is 19.9 Å². The van der Waals surface area contributed by atoms with Gasteiger partial charge in [-0.25, -0.2) is 9.97 Å². The minimum Gasteiger partial charge on any atom is -0.325 e. The van der Waals surface area contributed by atoms with E-state index in [0.29, 0.717) is 12.3 Å². The summed E-state index contributed by atoms with van der Waals surface area (Å²) in [6.45, 7) is 2.14. The van der Waals surface area contributed by atoms with Crippen molar-refractivity contribution in [3.8, 4) is 5.82 Å². The van der Waals surface area contributed by atoms with Gasteiger partial charge in [0.15, 0.2) is 0 Å². The van der Waals surface area contributed by atoms with E-state index in [-0.39, 0.29) is 5.91 Å². The molecule has 4 rings (SSSR count). The highest BCUT2D eigenvalue weighted by atomic mass is 16.1. The number of carbonyl (C=O) groups is 1. The minimum absolute atomic E-state index is 0.0613. The number of rotatable bonds is 5. The number of fused-ring (bicyclic) bond motifs is 1. The zero-order chi connectivity index (χ0) is 17.8. The smallest absolute Gasteiger partial charge is 0.224 e. The number of para-hydroxylation sites is 2. The molecule has 3 heterocycles. The van der Waals surface area contributed by atoms with Crippen LogP contribution in [0.15, 0.2) is 48.9 Å². The normalized spacial score (nSPS) is 15.2. The Balaban J connectivity index is 1.37. The Morgan fingerprint density at radius 1 is 1.15 bits per heavy atom. The van der Waals surface area contributed by atoms with Crippen LogP contribution < -0.4 is 10.6 Å². The van der Waals surface area contributed by atoms with Crippen LogP contribution in [0.1, 0.15) is 25.7 Å². The van der Waals surface area contributed by atoms with Crippen LogP contribution in [-0.2, 0) is 4.79 Å². The molecule has 0 saturated carbocycles. The second kappa shape index (κ2) is 7.66. The molecule has 6 nitrogen and oxygen atoms in total. The highest BCUT2D eigenvalue weighted by Crippen LogP contribution is 2.19. The van der Waals surface area contributed by atoms with Crippen LogP contribution in [-0.4, -0.2) is 33.5 Å². The van der Waals surface area contributed by atoms with Gasteiger partial charge in [0.1, 0.15) is 12.1 Å². The van der Waals surface area contributed by atoms with Gasteiger partial charge in [-0.2, -0.15) is 0 Å². The van der Waals surface area contributed by atoms with Crippen molar-refractivity contribution >= 4 is 22.6 Å². The Morgan fingerprint density at radius 3 is 2.81 bits per heavy atom. The monoisotopic (exact) mass is 349 g/mol. The predicted molar refractivity (Wildman–Crippen MR) is 102 cm³/mol. The lowest BCUT2D eigenvalue weighted by Gasteiger charge is -2.22. The Morgan fingerprint density at radius 2 is 2.00 bits per heavy atom. The highest BCUT2D eigenvalue weighted by molar-refractivity contribution is 5.90. The lowest BCUT2D eigenvalue weighted by molar-refractivity contribution is -0.116. The number of amides is 1. The molecule has 0 spiro atoms. The maximum absolute atomic E-state index is 12.2. The molecule has 0 atom stereocenters. The van der Waals surface area contributed by atoms with Crippen LogP contribution in [0.5, 0.6) is 0 Å². The van der Waals surface area contributed by atoms with E-state index < -0.39 is 0 Å². The first kappa shape index (κ1) is 16.7. The number of anilines is 1. The molecule has 0 unspecified atom stereocenters. The lowest BCUT2D eigenvalue weighted by Crippen LogP contribution is -2.28. The zero-order valence-electron chi connectivity index (χ0n) is 14.7. The van der Waals surface area contributed by atoms with Crippen LogP contribution in [0.2, 0.25) is 0 Å². The molecule has 1 saturated heterocycles. The summed E-state index contributed by atoms with van der Waals surface area (Å²) in [5.74, 6) is 1.51.